The SMILES string of the molecule is C[C@@H]1C[C@@H](C)CN(S(=O)(=O)c2cccc(C(=O)OCc3ccc(C#N)cc3F)c2)C1. The number of halogens is 1. The molecule has 30 heavy (non-hydrogen) atoms. The van der Waals surface area contributed by atoms with Crippen LogP contribution in [0.1, 0.15) is 41.8 Å². The van der Waals surface area contributed by atoms with Gasteiger partial charge in [-0.3, -0.25) is 0 Å². The van der Waals surface area contributed by atoms with Crippen LogP contribution in [0.3, 0.4) is 0 Å². The molecular weight excluding hydrogens is 407 g/mol. The molecule has 0 N–H and O–H groups in total. The molecule has 2 aromatic carbocycles. The van der Waals surface area contributed by atoms with Crippen LogP contribution >= 0.6 is 0 Å². The smallest absolute Gasteiger partial charge is 0.338 e. The highest BCUT2D eigenvalue weighted by molar-refractivity contribution is 7.89. The van der Waals surface area contributed by atoms with Crippen molar-refractivity contribution in [2.45, 2.75) is 31.8 Å². The molecule has 0 aliphatic carbocycles. The summed E-state index contributed by atoms with van der Waals surface area (Å²) in [5.41, 5.74) is 0.368. The molecule has 1 aliphatic rings. The summed E-state index contributed by atoms with van der Waals surface area (Å²) < 4.78 is 46.6. The summed E-state index contributed by atoms with van der Waals surface area (Å²) in [6, 6.07) is 11.4. The Kier molecular flexibility index (Phi) is 6.54. The first-order chi connectivity index (χ1) is 14.2. The van der Waals surface area contributed by atoms with Crippen LogP contribution in [0.15, 0.2) is 47.4 Å². The lowest BCUT2D eigenvalue weighted by Crippen LogP contribution is -2.42. The van der Waals surface area contributed by atoms with E-state index in [-0.39, 0.29) is 40.0 Å². The van der Waals surface area contributed by atoms with Crippen molar-refractivity contribution in [3.8, 4) is 6.07 Å². The normalized spacial score (nSPS) is 19.8. The number of sulfonamides is 1. The molecule has 0 radical (unpaired) electrons. The number of ether oxygens (including phenoxy) is 1. The van der Waals surface area contributed by atoms with Gasteiger partial charge in [-0.05, 0) is 48.6 Å². The minimum Gasteiger partial charge on any atom is -0.457 e. The van der Waals surface area contributed by atoms with Crippen molar-refractivity contribution < 1.29 is 22.3 Å². The lowest BCUT2D eigenvalue weighted by molar-refractivity contribution is 0.0468. The van der Waals surface area contributed by atoms with Crippen molar-refractivity contribution in [3.63, 3.8) is 0 Å². The van der Waals surface area contributed by atoms with Gasteiger partial charge in [0.2, 0.25) is 10.0 Å². The standard InChI is InChI=1S/C22H23FN2O4S/c1-15-8-16(2)13-25(12-15)30(27,28)20-5-3-4-18(10-20)22(26)29-14-19-7-6-17(11-24)9-21(19)23/h3-7,9-10,15-16H,8,12-14H2,1-2H3/t15-,16-/m1/s1. The Labute approximate surface area is 175 Å². The molecule has 2 atom stereocenters. The summed E-state index contributed by atoms with van der Waals surface area (Å²) >= 11 is 0. The molecule has 0 spiro atoms. The fraction of sp³-hybridized carbons (Fsp3) is 0.364. The van der Waals surface area contributed by atoms with E-state index in [4.69, 9.17) is 10.00 Å². The van der Waals surface area contributed by atoms with Crippen LogP contribution in [0.2, 0.25) is 0 Å². The number of carbonyl (C=O) groups is 1. The summed E-state index contributed by atoms with van der Waals surface area (Å²) in [5.74, 6) is -0.874. The van der Waals surface area contributed by atoms with E-state index < -0.39 is 21.8 Å². The van der Waals surface area contributed by atoms with Gasteiger partial charge in [-0.25, -0.2) is 17.6 Å². The molecular formula is C22H23FN2O4S. The molecule has 8 heteroatoms. The third kappa shape index (κ3) is 4.86. The van der Waals surface area contributed by atoms with Gasteiger partial charge in [0.1, 0.15) is 12.4 Å². The number of hydrogen-bond donors (Lipinski definition) is 0. The van der Waals surface area contributed by atoms with E-state index in [9.17, 15) is 17.6 Å². The zero-order valence-corrected chi connectivity index (χ0v) is 17.7. The second kappa shape index (κ2) is 8.94. The Hall–Kier alpha value is -2.76. The lowest BCUT2D eigenvalue weighted by Gasteiger charge is -2.34. The van der Waals surface area contributed by atoms with Crippen molar-refractivity contribution in [3.05, 3.63) is 65.0 Å². The van der Waals surface area contributed by atoms with E-state index in [0.29, 0.717) is 13.1 Å². The number of rotatable bonds is 5. The summed E-state index contributed by atoms with van der Waals surface area (Å²) in [7, 11) is -3.73. The van der Waals surface area contributed by atoms with Gasteiger partial charge in [-0.1, -0.05) is 26.0 Å². The molecule has 1 heterocycles. The molecule has 0 bridgehead atoms. The third-order valence-electron chi connectivity index (χ3n) is 5.08. The Morgan fingerprint density at radius 3 is 2.53 bits per heavy atom. The second-order valence-electron chi connectivity index (χ2n) is 7.79. The zero-order chi connectivity index (χ0) is 21.9. The van der Waals surface area contributed by atoms with E-state index in [1.54, 1.807) is 0 Å². The monoisotopic (exact) mass is 430 g/mol. The van der Waals surface area contributed by atoms with Crippen LogP contribution in [-0.4, -0.2) is 31.8 Å². The number of piperidine rings is 1. The molecule has 0 saturated carbocycles. The predicted molar refractivity (Wildman–Crippen MR) is 108 cm³/mol. The first-order valence-corrected chi connectivity index (χ1v) is 11.1. The molecule has 1 saturated heterocycles. The fourth-order valence-electron chi connectivity index (χ4n) is 3.70. The van der Waals surface area contributed by atoms with Crippen molar-refractivity contribution in [1.82, 2.24) is 4.31 Å². The minimum absolute atomic E-state index is 0.0304. The number of carbonyl (C=O) groups excluding carboxylic acids is 1. The van der Waals surface area contributed by atoms with Crippen molar-refractivity contribution >= 4 is 16.0 Å². The van der Waals surface area contributed by atoms with Crippen molar-refractivity contribution in [1.29, 1.82) is 5.26 Å². The van der Waals surface area contributed by atoms with Crippen LogP contribution in [0, 0.1) is 29.0 Å². The van der Waals surface area contributed by atoms with Gasteiger partial charge in [0, 0.05) is 18.7 Å². The fourth-order valence-corrected chi connectivity index (χ4v) is 5.42. The summed E-state index contributed by atoms with van der Waals surface area (Å²) in [4.78, 5) is 12.4. The number of nitrogens with zero attached hydrogens (tertiary/aromatic N) is 2. The highest BCUT2D eigenvalue weighted by Gasteiger charge is 2.32. The van der Waals surface area contributed by atoms with Gasteiger partial charge in [0.15, 0.2) is 0 Å². The second-order valence-corrected chi connectivity index (χ2v) is 9.73. The van der Waals surface area contributed by atoms with Gasteiger partial charge >= 0.3 is 5.97 Å². The molecule has 3 rings (SSSR count). The van der Waals surface area contributed by atoms with Gasteiger partial charge < -0.3 is 4.74 Å². The molecule has 0 amide bonds. The number of hydrogen-bond acceptors (Lipinski definition) is 5. The molecule has 2 aromatic rings. The van der Waals surface area contributed by atoms with E-state index >= 15 is 0 Å². The van der Waals surface area contributed by atoms with Gasteiger partial charge in [0.25, 0.3) is 0 Å². The Morgan fingerprint density at radius 1 is 1.20 bits per heavy atom. The summed E-state index contributed by atoms with van der Waals surface area (Å²) in [6.45, 7) is 4.61. The first-order valence-electron chi connectivity index (χ1n) is 9.66. The van der Waals surface area contributed by atoms with Crippen LogP contribution in [-0.2, 0) is 21.4 Å². The first kappa shape index (κ1) is 21.9. The minimum atomic E-state index is -3.73. The van der Waals surface area contributed by atoms with Crippen molar-refractivity contribution in [2.75, 3.05) is 13.1 Å². The average molecular weight is 431 g/mol. The van der Waals surface area contributed by atoms with Crippen LogP contribution in [0.5, 0.6) is 0 Å². The number of nitriles is 1. The molecule has 158 valence electrons. The van der Waals surface area contributed by atoms with E-state index in [0.717, 1.165) is 12.5 Å². The zero-order valence-electron chi connectivity index (χ0n) is 16.8. The third-order valence-corrected chi connectivity index (χ3v) is 6.91. The lowest BCUT2D eigenvalue weighted by atomic mass is 9.94. The summed E-state index contributed by atoms with van der Waals surface area (Å²) in [6.07, 6.45) is 0.976. The molecule has 0 unspecified atom stereocenters. The molecule has 1 aliphatic heterocycles. The molecule has 0 aromatic heterocycles. The highest BCUT2D eigenvalue weighted by Crippen LogP contribution is 2.27. The van der Waals surface area contributed by atoms with E-state index in [1.165, 1.54) is 40.7 Å². The quantitative estimate of drug-likeness (QED) is 0.675. The largest absolute Gasteiger partial charge is 0.457 e. The van der Waals surface area contributed by atoms with Crippen LogP contribution in [0.4, 0.5) is 4.39 Å². The van der Waals surface area contributed by atoms with E-state index in [2.05, 4.69) is 0 Å². The molecule has 6 nitrogen and oxygen atoms in total. The maximum absolute atomic E-state index is 14.0. The van der Waals surface area contributed by atoms with Crippen molar-refractivity contribution in [2.24, 2.45) is 11.8 Å². The van der Waals surface area contributed by atoms with Crippen LogP contribution < -0.4 is 0 Å². The molecule has 1 fully saturated rings. The Morgan fingerprint density at radius 2 is 1.90 bits per heavy atom. The predicted octanol–water partition coefficient (Wildman–Crippen LogP) is 3.72. The maximum Gasteiger partial charge on any atom is 0.338 e. The van der Waals surface area contributed by atoms with Gasteiger partial charge in [0.05, 0.1) is 22.1 Å². The maximum atomic E-state index is 14.0. The highest BCUT2D eigenvalue weighted by atomic mass is 32.2. The Balaban J connectivity index is 1.74. The Bertz CT molecular complexity index is 1080. The average Bonchev–Trinajstić information content (AvgIpc) is 2.72. The van der Waals surface area contributed by atoms with Gasteiger partial charge in [-0.15, -0.1) is 0 Å². The van der Waals surface area contributed by atoms with Gasteiger partial charge in [-0.2, -0.15) is 9.57 Å². The van der Waals surface area contributed by atoms with Crippen LogP contribution in [0.25, 0.3) is 0 Å². The van der Waals surface area contributed by atoms with E-state index in [1.807, 2.05) is 19.9 Å². The topological polar surface area (TPSA) is 87.5 Å². The number of benzene rings is 2. The number of esters is 1. The summed E-state index contributed by atoms with van der Waals surface area (Å²) in [5, 5.41) is 8.78.